The molecule has 4 rings (SSSR count). The van der Waals surface area contributed by atoms with Crippen LogP contribution >= 0.6 is 11.8 Å². The fourth-order valence-corrected chi connectivity index (χ4v) is 4.20. The SMILES string of the molecule is CSCC[C@@H](C(=O)N1C(=O)c2cccc(N)c2C1=O)N1C(=O)c2ccccc2C1=O. The highest BCUT2D eigenvalue weighted by Crippen LogP contribution is 2.31. The standard InChI is InChI=1S/C21H17N3O5S/c1-30-10-9-15(23-17(25)11-5-2-3-6-12(11)18(23)26)20(28)24-19(27)13-7-4-8-14(22)16(13)21(24)29/h2-8,15H,9-10,22H2,1H3/t15-/m0/s1. The number of rotatable bonds is 5. The number of thioether (sulfide) groups is 1. The van der Waals surface area contributed by atoms with Crippen LogP contribution in [0.5, 0.6) is 0 Å². The molecule has 0 fully saturated rings. The highest BCUT2D eigenvalue weighted by Gasteiger charge is 2.49. The van der Waals surface area contributed by atoms with Crippen molar-refractivity contribution in [1.29, 1.82) is 0 Å². The number of hydrogen-bond acceptors (Lipinski definition) is 7. The summed E-state index contributed by atoms with van der Waals surface area (Å²) in [5.74, 6) is -3.36. The third kappa shape index (κ3) is 2.81. The van der Waals surface area contributed by atoms with Gasteiger partial charge >= 0.3 is 0 Å². The van der Waals surface area contributed by atoms with Gasteiger partial charge in [-0.2, -0.15) is 11.8 Å². The molecule has 1 atom stereocenters. The Balaban J connectivity index is 1.73. The van der Waals surface area contributed by atoms with Crippen LogP contribution in [0.4, 0.5) is 5.69 Å². The van der Waals surface area contributed by atoms with Crippen LogP contribution in [0.2, 0.25) is 0 Å². The molecule has 0 saturated heterocycles. The second-order valence-corrected chi connectivity index (χ2v) is 7.86. The molecule has 2 aromatic rings. The Morgan fingerprint density at radius 2 is 1.50 bits per heavy atom. The van der Waals surface area contributed by atoms with Crippen molar-refractivity contribution in [3.8, 4) is 0 Å². The average Bonchev–Trinajstić information content (AvgIpc) is 3.14. The summed E-state index contributed by atoms with van der Waals surface area (Å²) < 4.78 is 0. The number of amides is 5. The van der Waals surface area contributed by atoms with Crippen LogP contribution in [-0.2, 0) is 4.79 Å². The van der Waals surface area contributed by atoms with E-state index in [4.69, 9.17) is 5.73 Å². The number of carbonyl (C=O) groups is 5. The van der Waals surface area contributed by atoms with Gasteiger partial charge in [0.1, 0.15) is 6.04 Å². The number of benzene rings is 2. The maximum Gasteiger partial charge on any atom is 0.270 e. The first kappa shape index (κ1) is 19.8. The lowest BCUT2D eigenvalue weighted by Crippen LogP contribution is -2.52. The average molecular weight is 423 g/mol. The zero-order chi connectivity index (χ0) is 21.6. The van der Waals surface area contributed by atoms with Gasteiger partial charge in [-0.05, 0) is 42.7 Å². The van der Waals surface area contributed by atoms with Crippen molar-refractivity contribution in [3.05, 3.63) is 64.7 Å². The van der Waals surface area contributed by atoms with Gasteiger partial charge in [-0.15, -0.1) is 0 Å². The third-order valence-corrected chi connectivity index (χ3v) is 5.83. The lowest BCUT2D eigenvalue weighted by Gasteiger charge is -2.27. The lowest BCUT2D eigenvalue weighted by molar-refractivity contribution is -0.130. The summed E-state index contributed by atoms with van der Waals surface area (Å²) in [6.45, 7) is 0. The van der Waals surface area contributed by atoms with E-state index in [0.29, 0.717) is 10.7 Å². The van der Waals surface area contributed by atoms with Crippen LogP contribution in [0.15, 0.2) is 42.5 Å². The van der Waals surface area contributed by atoms with Crippen LogP contribution in [0.25, 0.3) is 0 Å². The molecule has 2 aliphatic rings. The zero-order valence-corrected chi connectivity index (χ0v) is 16.8. The van der Waals surface area contributed by atoms with E-state index in [1.165, 1.54) is 42.1 Å². The first-order chi connectivity index (χ1) is 14.4. The predicted octanol–water partition coefficient (Wildman–Crippen LogP) is 1.81. The number of nitrogens with zero attached hydrogens (tertiary/aromatic N) is 2. The van der Waals surface area contributed by atoms with Crippen molar-refractivity contribution in [3.63, 3.8) is 0 Å². The zero-order valence-electron chi connectivity index (χ0n) is 16.0. The molecule has 2 N–H and O–H groups in total. The second-order valence-electron chi connectivity index (χ2n) is 6.88. The van der Waals surface area contributed by atoms with Gasteiger partial charge in [-0.25, -0.2) is 4.90 Å². The molecule has 8 nitrogen and oxygen atoms in total. The molecule has 30 heavy (non-hydrogen) atoms. The minimum atomic E-state index is -1.28. The molecule has 0 aliphatic carbocycles. The quantitative estimate of drug-likeness (QED) is 0.576. The smallest absolute Gasteiger partial charge is 0.270 e. The van der Waals surface area contributed by atoms with E-state index < -0.39 is 35.6 Å². The number of fused-ring (bicyclic) bond motifs is 2. The molecule has 2 aliphatic heterocycles. The fraction of sp³-hybridized carbons (Fsp3) is 0.190. The van der Waals surface area contributed by atoms with Crippen molar-refractivity contribution < 1.29 is 24.0 Å². The number of nitrogen functional groups attached to an aromatic ring is 1. The van der Waals surface area contributed by atoms with Gasteiger partial charge in [0, 0.05) is 5.69 Å². The van der Waals surface area contributed by atoms with Gasteiger partial charge in [-0.3, -0.25) is 28.9 Å². The topological polar surface area (TPSA) is 118 Å². The summed E-state index contributed by atoms with van der Waals surface area (Å²) in [5.41, 5.74) is 6.29. The van der Waals surface area contributed by atoms with Crippen molar-refractivity contribution in [2.24, 2.45) is 0 Å². The maximum absolute atomic E-state index is 13.4. The summed E-state index contributed by atoms with van der Waals surface area (Å²) >= 11 is 1.42. The van der Waals surface area contributed by atoms with Crippen LogP contribution < -0.4 is 5.73 Å². The van der Waals surface area contributed by atoms with Gasteiger partial charge in [0.2, 0.25) is 0 Å². The van der Waals surface area contributed by atoms with E-state index in [1.54, 1.807) is 12.1 Å². The van der Waals surface area contributed by atoms with E-state index in [1.807, 2.05) is 6.26 Å². The molecule has 5 amide bonds. The monoisotopic (exact) mass is 423 g/mol. The summed E-state index contributed by atoms with van der Waals surface area (Å²) in [5, 5.41) is 0. The second kappa shape index (κ2) is 7.42. The third-order valence-electron chi connectivity index (χ3n) is 5.19. The Bertz CT molecular complexity index is 1090. The number of imide groups is 4. The maximum atomic E-state index is 13.4. The van der Waals surface area contributed by atoms with E-state index in [0.717, 1.165) is 4.90 Å². The number of carbonyl (C=O) groups excluding carboxylic acids is 5. The number of anilines is 1. The van der Waals surface area contributed by atoms with Crippen LogP contribution in [-0.4, -0.2) is 57.4 Å². The Kier molecular flexibility index (Phi) is 4.90. The molecule has 2 aromatic carbocycles. The van der Waals surface area contributed by atoms with Crippen molar-refractivity contribution in [2.75, 3.05) is 17.7 Å². The Labute approximate surface area is 176 Å². The first-order valence-electron chi connectivity index (χ1n) is 9.15. The summed E-state index contributed by atoms with van der Waals surface area (Å²) in [4.78, 5) is 66.2. The van der Waals surface area contributed by atoms with Gasteiger partial charge < -0.3 is 5.73 Å². The molecule has 9 heteroatoms. The Hall–Kier alpha value is -3.46. The van der Waals surface area contributed by atoms with Crippen LogP contribution in [0.3, 0.4) is 0 Å². The number of hydrogen-bond donors (Lipinski definition) is 1. The molecule has 0 unspecified atom stereocenters. The van der Waals surface area contributed by atoms with E-state index >= 15 is 0 Å². The highest BCUT2D eigenvalue weighted by atomic mass is 32.2. The van der Waals surface area contributed by atoms with E-state index in [2.05, 4.69) is 0 Å². The summed E-state index contributed by atoms with van der Waals surface area (Å²) in [6, 6.07) is 9.38. The molecule has 0 radical (unpaired) electrons. The number of nitrogens with two attached hydrogens (primary N) is 1. The molecule has 0 bridgehead atoms. The Morgan fingerprint density at radius 3 is 2.07 bits per heavy atom. The van der Waals surface area contributed by atoms with Crippen LogP contribution in [0.1, 0.15) is 47.9 Å². The minimum Gasteiger partial charge on any atom is -0.398 e. The summed E-state index contributed by atoms with van der Waals surface area (Å²) in [7, 11) is 0. The van der Waals surface area contributed by atoms with Crippen molar-refractivity contribution in [1.82, 2.24) is 9.80 Å². The normalized spacial score (nSPS) is 16.2. The summed E-state index contributed by atoms with van der Waals surface area (Å²) in [6.07, 6.45) is 1.92. The van der Waals surface area contributed by atoms with Gasteiger partial charge in [0.25, 0.3) is 29.5 Å². The van der Waals surface area contributed by atoms with Crippen molar-refractivity contribution >= 4 is 47.0 Å². The predicted molar refractivity (Wildman–Crippen MR) is 110 cm³/mol. The van der Waals surface area contributed by atoms with Gasteiger partial charge in [0.15, 0.2) is 0 Å². The van der Waals surface area contributed by atoms with E-state index in [9.17, 15) is 24.0 Å². The molecule has 2 heterocycles. The molecule has 0 aromatic heterocycles. The first-order valence-corrected chi connectivity index (χ1v) is 10.5. The minimum absolute atomic E-state index is 0.0272. The van der Waals surface area contributed by atoms with Crippen LogP contribution in [0, 0.1) is 0 Å². The molecular formula is C21H17N3O5S. The van der Waals surface area contributed by atoms with Crippen molar-refractivity contribution in [2.45, 2.75) is 12.5 Å². The highest BCUT2D eigenvalue weighted by molar-refractivity contribution is 7.98. The van der Waals surface area contributed by atoms with E-state index in [-0.39, 0.29) is 34.4 Å². The van der Waals surface area contributed by atoms with Gasteiger partial charge in [0.05, 0.1) is 22.3 Å². The van der Waals surface area contributed by atoms with Gasteiger partial charge in [-0.1, -0.05) is 18.2 Å². The molecule has 152 valence electrons. The fourth-order valence-electron chi connectivity index (χ4n) is 3.74. The molecular weight excluding hydrogens is 406 g/mol. The molecule has 0 spiro atoms. The Morgan fingerprint density at radius 1 is 0.900 bits per heavy atom. The lowest BCUT2D eigenvalue weighted by atomic mass is 10.1. The molecule has 0 saturated carbocycles. The largest absolute Gasteiger partial charge is 0.398 e.